The molecule has 0 unspecified atom stereocenters. The summed E-state index contributed by atoms with van der Waals surface area (Å²) < 4.78 is 83.6. The molecule has 174 valence electrons. The van der Waals surface area contributed by atoms with Gasteiger partial charge < -0.3 is 15.6 Å². The van der Waals surface area contributed by atoms with Gasteiger partial charge >= 0.3 is 12.4 Å². The van der Waals surface area contributed by atoms with Gasteiger partial charge in [0.25, 0.3) is 0 Å². The monoisotopic (exact) mass is 451 g/mol. The second kappa shape index (κ2) is 10.1. The molecule has 0 aliphatic heterocycles. The van der Waals surface area contributed by atoms with Crippen LogP contribution >= 0.6 is 0 Å². The van der Waals surface area contributed by atoms with Crippen LogP contribution in [0.3, 0.4) is 0 Å². The minimum atomic E-state index is -4.60. The molecular weight excluding hydrogens is 424 g/mol. The van der Waals surface area contributed by atoms with Crippen LogP contribution in [0, 0.1) is 0 Å². The molecule has 1 atom stereocenters. The van der Waals surface area contributed by atoms with Crippen molar-refractivity contribution in [2.24, 2.45) is 5.73 Å². The fraction of sp³-hybridized carbons (Fsp3) is 0.545. The lowest BCUT2D eigenvalue weighted by atomic mass is 9.94. The minimum absolute atomic E-state index is 0.0149. The minimum Gasteiger partial charge on any atom is -0.493 e. The number of aliphatic hydroxyl groups excluding tert-OH is 1. The van der Waals surface area contributed by atoms with Crippen molar-refractivity contribution in [2.45, 2.75) is 63.3 Å². The predicted molar refractivity (Wildman–Crippen MR) is 106 cm³/mol. The molecule has 0 heterocycles. The van der Waals surface area contributed by atoms with Crippen molar-refractivity contribution in [2.75, 3.05) is 13.2 Å². The molecule has 0 aromatic heterocycles. The van der Waals surface area contributed by atoms with E-state index in [2.05, 4.69) is 0 Å². The number of aryl methyl sites for hydroxylation is 1. The number of hydrogen-bond acceptors (Lipinski definition) is 3. The lowest BCUT2D eigenvalue weighted by Crippen LogP contribution is -2.40. The van der Waals surface area contributed by atoms with E-state index in [0.29, 0.717) is 24.8 Å². The number of aliphatic hydroxyl groups is 1. The smallest absolute Gasteiger partial charge is 0.419 e. The summed E-state index contributed by atoms with van der Waals surface area (Å²) in [7, 11) is 0. The molecule has 0 fully saturated rings. The number of rotatable bonds is 9. The van der Waals surface area contributed by atoms with Gasteiger partial charge in [-0.2, -0.15) is 26.3 Å². The molecule has 0 saturated carbocycles. The van der Waals surface area contributed by atoms with Crippen LogP contribution in [0.25, 0.3) is 0 Å². The number of hydrogen-bond donors (Lipinski definition) is 2. The average molecular weight is 451 g/mol. The number of allylic oxidation sites excluding steroid dienone is 4. The highest BCUT2D eigenvalue weighted by molar-refractivity contribution is 5.39. The standard InChI is InChI=1S/C22H27F6NO2/c1-20(29,14-30)11-10-16-6-9-19(18(13-16)22(26,27)28)31-12-2-3-15-4-7-17(8-5-15)21(23,24)25/h4,6-7,9,13,30H,2-3,5,8,10-12,14,29H2,1H3/t20-/m1/s1. The zero-order valence-corrected chi connectivity index (χ0v) is 17.2. The van der Waals surface area contributed by atoms with Gasteiger partial charge in [0.15, 0.2) is 0 Å². The Hall–Kier alpha value is -2.00. The zero-order valence-electron chi connectivity index (χ0n) is 17.2. The first-order valence-electron chi connectivity index (χ1n) is 10.0. The Morgan fingerprint density at radius 2 is 1.71 bits per heavy atom. The number of ether oxygens (including phenoxy) is 1. The Balaban J connectivity index is 1.95. The molecule has 0 radical (unpaired) electrons. The van der Waals surface area contributed by atoms with E-state index < -0.39 is 29.0 Å². The Morgan fingerprint density at radius 3 is 2.26 bits per heavy atom. The molecule has 1 aliphatic rings. The first-order chi connectivity index (χ1) is 14.3. The van der Waals surface area contributed by atoms with Crippen LogP contribution in [0.5, 0.6) is 5.75 Å². The van der Waals surface area contributed by atoms with Crippen LogP contribution < -0.4 is 10.5 Å². The fourth-order valence-corrected chi connectivity index (χ4v) is 3.20. The lowest BCUT2D eigenvalue weighted by molar-refractivity contribution is -0.139. The Morgan fingerprint density at radius 1 is 1.00 bits per heavy atom. The van der Waals surface area contributed by atoms with E-state index in [1.54, 1.807) is 6.92 Å². The summed E-state index contributed by atoms with van der Waals surface area (Å²) in [5.74, 6) is -0.286. The molecule has 9 heteroatoms. The first kappa shape index (κ1) is 25.3. The fourth-order valence-electron chi connectivity index (χ4n) is 3.20. The average Bonchev–Trinajstić information content (AvgIpc) is 2.69. The summed E-state index contributed by atoms with van der Waals surface area (Å²) in [6, 6.07) is 3.82. The van der Waals surface area contributed by atoms with Gasteiger partial charge in [-0.3, -0.25) is 0 Å². The second-order valence-corrected chi connectivity index (χ2v) is 8.11. The molecule has 3 nitrogen and oxygen atoms in total. The molecule has 1 aliphatic carbocycles. The molecule has 0 saturated heterocycles. The van der Waals surface area contributed by atoms with Gasteiger partial charge in [-0.05, 0) is 63.1 Å². The van der Waals surface area contributed by atoms with Crippen molar-refractivity contribution in [3.05, 3.63) is 52.6 Å². The number of nitrogens with two attached hydrogens (primary N) is 1. The van der Waals surface area contributed by atoms with Crippen LogP contribution in [-0.4, -0.2) is 30.0 Å². The summed E-state index contributed by atoms with van der Waals surface area (Å²) in [6.45, 7) is 1.36. The highest BCUT2D eigenvalue weighted by Crippen LogP contribution is 2.38. The summed E-state index contributed by atoms with van der Waals surface area (Å²) in [5, 5.41) is 9.18. The topological polar surface area (TPSA) is 55.5 Å². The van der Waals surface area contributed by atoms with E-state index in [1.807, 2.05) is 0 Å². The molecule has 0 amide bonds. The predicted octanol–water partition coefficient (Wildman–Crippen LogP) is 5.72. The van der Waals surface area contributed by atoms with Crippen molar-refractivity contribution >= 4 is 0 Å². The van der Waals surface area contributed by atoms with Gasteiger partial charge in [-0.15, -0.1) is 0 Å². The van der Waals surface area contributed by atoms with Crippen molar-refractivity contribution in [3.8, 4) is 5.75 Å². The SMILES string of the molecule is C[C@](N)(CO)CCc1ccc(OCCCC2=CC=C(C(F)(F)F)CC2)c(C(F)(F)F)c1. The first-order valence-corrected chi connectivity index (χ1v) is 10.0. The normalized spacial score (nSPS) is 17.1. The van der Waals surface area contributed by atoms with Gasteiger partial charge in [-0.1, -0.05) is 23.8 Å². The molecule has 1 aromatic rings. The number of alkyl halides is 6. The summed E-state index contributed by atoms with van der Waals surface area (Å²) >= 11 is 0. The molecule has 0 bridgehead atoms. The maximum Gasteiger partial charge on any atom is 0.419 e. The van der Waals surface area contributed by atoms with Crippen molar-refractivity contribution in [3.63, 3.8) is 0 Å². The van der Waals surface area contributed by atoms with E-state index in [-0.39, 0.29) is 38.2 Å². The van der Waals surface area contributed by atoms with E-state index in [9.17, 15) is 31.4 Å². The van der Waals surface area contributed by atoms with E-state index >= 15 is 0 Å². The highest BCUT2D eigenvalue weighted by Gasteiger charge is 2.35. The van der Waals surface area contributed by atoms with Crippen LogP contribution in [0.15, 0.2) is 41.5 Å². The van der Waals surface area contributed by atoms with Crippen LogP contribution in [0.1, 0.15) is 50.2 Å². The molecule has 0 spiro atoms. The molecule has 2 rings (SSSR count). The summed E-state index contributed by atoms with van der Waals surface area (Å²) in [5.41, 5.74) is 4.74. The van der Waals surface area contributed by atoms with E-state index in [0.717, 1.165) is 17.7 Å². The third-order valence-corrected chi connectivity index (χ3v) is 5.19. The number of benzene rings is 1. The molecule has 1 aromatic carbocycles. The van der Waals surface area contributed by atoms with Gasteiger partial charge in [0, 0.05) is 11.1 Å². The Labute approximate surface area is 177 Å². The van der Waals surface area contributed by atoms with Crippen molar-refractivity contribution in [1.82, 2.24) is 0 Å². The van der Waals surface area contributed by atoms with E-state index in [4.69, 9.17) is 10.5 Å². The zero-order chi connectivity index (χ0) is 23.3. The summed E-state index contributed by atoms with van der Waals surface area (Å²) in [4.78, 5) is 0. The maximum absolute atomic E-state index is 13.4. The van der Waals surface area contributed by atoms with Crippen molar-refractivity contribution in [1.29, 1.82) is 0 Å². The van der Waals surface area contributed by atoms with Crippen LogP contribution in [0.2, 0.25) is 0 Å². The Kier molecular flexibility index (Phi) is 8.21. The van der Waals surface area contributed by atoms with Gasteiger partial charge in [0.05, 0.1) is 18.8 Å². The number of halogens is 6. The Bertz CT molecular complexity index is 809. The molecular formula is C22H27F6NO2. The molecule has 3 N–H and O–H groups in total. The van der Waals surface area contributed by atoms with Crippen LogP contribution in [-0.2, 0) is 12.6 Å². The third kappa shape index (κ3) is 7.88. The molecule has 31 heavy (non-hydrogen) atoms. The van der Waals surface area contributed by atoms with Crippen LogP contribution in [0.4, 0.5) is 26.3 Å². The van der Waals surface area contributed by atoms with Gasteiger partial charge in [0.2, 0.25) is 0 Å². The van der Waals surface area contributed by atoms with Gasteiger partial charge in [-0.25, -0.2) is 0 Å². The highest BCUT2D eigenvalue weighted by atomic mass is 19.4. The van der Waals surface area contributed by atoms with Gasteiger partial charge in [0.1, 0.15) is 5.75 Å². The van der Waals surface area contributed by atoms with E-state index in [1.165, 1.54) is 18.2 Å². The summed E-state index contributed by atoms with van der Waals surface area (Å²) in [6.07, 6.45) is -4.80. The maximum atomic E-state index is 13.4. The van der Waals surface area contributed by atoms with Crippen molar-refractivity contribution < 1.29 is 36.2 Å². The lowest BCUT2D eigenvalue weighted by Gasteiger charge is -2.22. The largest absolute Gasteiger partial charge is 0.493 e. The third-order valence-electron chi connectivity index (χ3n) is 5.19. The quantitative estimate of drug-likeness (QED) is 0.373. The second-order valence-electron chi connectivity index (χ2n) is 8.11.